The Labute approximate surface area is 218 Å². The summed E-state index contributed by atoms with van der Waals surface area (Å²) in [5.74, 6) is -0.662. The van der Waals surface area contributed by atoms with Crippen LogP contribution in [0.3, 0.4) is 0 Å². The summed E-state index contributed by atoms with van der Waals surface area (Å²) in [7, 11) is 3.55. The summed E-state index contributed by atoms with van der Waals surface area (Å²) in [6.07, 6.45) is 2.97. The van der Waals surface area contributed by atoms with Gasteiger partial charge in [0.2, 0.25) is 6.29 Å². The van der Waals surface area contributed by atoms with Crippen LogP contribution in [0.15, 0.2) is 41.4 Å². The third-order valence-corrected chi connectivity index (χ3v) is 4.84. The summed E-state index contributed by atoms with van der Waals surface area (Å²) >= 11 is 0. The molecule has 0 fully saturated rings. The van der Waals surface area contributed by atoms with Crippen LogP contribution >= 0.6 is 0 Å². The van der Waals surface area contributed by atoms with Crippen molar-refractivity contribution < 1.29 is 23.5 Å². The minimum Gasteiger partial charge on any atom is -0.491 e. The molecule has 0 spiro atoms. The van der Waals surface area contributed by atoms with E-state index in [1.165, 1.54) is 18.7 Å². The first-order chi connectivity index (χ1) is 17.5. The first-order valence-corrected chi connectivity index (χ1v) is 12.0. The maximum absolute atomic E-state index is 14.8. The van der Waals surface area contributed by atoms with Crippen molar-refractivity contribution in [1.82, 2.24) is 5.32 Å². The molecule has 0 unspecified atom stereocenters. The van der Waals surface area contributed by atoms with E-state index in [-0.39, 0.29) is 17.3 Å². The quantitative estimate of drug-likeness (QED) is 0.184. The molecule has 0 aliphatic rings. The molecule has 2 rings (SSSR count). The Kier molecular flexibility index (Phi) is 13.8. The highest BCUT2D eigenvalue weighted by molar-refractivity contribution is 6.29. The predicted molar refractivity (Wildman–Crippen MR) is 149 cm³/mol. The van der Waals surface area contributed by atoms with Gasteiger partial charge in [0.15, 0.2) is 0 Å². The van der Waals surface area contributed by atoms with Gasteiger partial charge in [-0.25, -0.2) is 9.38 Å². The Bertz CT molecular complexity index is 1140. The molecule has 3 N–H and O–H groups in total. The average molecular weight is 515 g/mol. The van der Waals surface area contributed by atoms with Crippen molar-refractivity contribution >= 4 is 42.2 Å². The molecule has 0 saturated heterocycles. The lowest BCUT2D eigenvalue weighted by atomic mass is 9.92. The number of benzene rings is 2. The Balaban J connectivity index is 0.000000738. The van der Waals surface area contributed by atoms with Gasteiger partial charge in [0.05, 0.1) is 11.8 Å². The molecule has 0 aliphatic carbocycles. The summed E-state index contributed by atoms with van der Waals surface area (Å²) in [5.41, 5.74) is 1.55. The van der Waals surface area contributed by atoms with E-state index in [1.54, 1.807) is 44.4 Å². The van der Waals surface area contributed by atoms with E-state index in [0.29, 0.717) is 41.0 Å². The number of nitrogens with one attached hydrogen (secondary N) is 3. The number of hydrogen-bond donors (Lipinski definition) is 3. The number of methoxy groups -OCH3 is 1. The van der Waals surface area contributed by atoms with Crippen LogP contribution in [-0.4, -0.2) is 52.3 Å². The number of aldehydes is 1. The number of nitrogens with zero attached hydrogens (tertiary/aromatic N) is 1. The van der Waals surface area contributed by atoms with E-state index >= 15 is 0 Å². The lowest BCUT2D eigenvalue weighted by Gasteiger charge is -2.16. The highest BCUT2D eigenvalue weighted by atomic mass is 19.1. The average Bonchev–Trinajstić information content (AvgIpc) is 2.83. The third kappa shape index (κ3) is 12.3. The van der Waals surface area contributed by atoms with Gasteiger partial charge in [0.25, 0.3) is 5.91 Å². The molecular formula is C28H39FN4O4. The molecule has 0 atom stereocenters. The zero-order valence-electron chi connectivity index (χ0n) is 22.6. The van der Waals surface area contributed by atoms with Gasteiger partial charge in [-0.1, -0.05) is 27.4 Å². The van der Waals surface area contributed by atoms with Gasteiger partial charge in [-0.2, -0.15) is 0 Å². The molecule has 0 heterocycles. The van der Waals surface area contributed by atoms with Crippen LogP contribution in [0.5, 0.6) is 5.75 Å². The van der Waals surface area contributed by atoms with Crippen molar-refractivity contribution in [3.63, 3.8) is 0 Å². The fraction of sp³-hybridized carbons (Fsp3) is 0.393. The molecule has 202 valence electrons. The molecule has 2 aromatic carbocycles. The molecule has 2 aromatic rings. The number of halogens is 1. The van der Waals surface area contributed by atoms with Gasteiger partial charge in [-0.15, -0.1) is 0 Å². The fourth-order valence-electron chi connectivity index (χ4n) is 2.96. The largest absolute Gasteiger partial charge is 0.491 e. The molecule has 0 aliphatic heterocycles. The van der Waals surface area contributed by atoms with E-state index < -0.39 is 11.7 Å². The number of rotatable bonds is 11. The third-order valence-electron chi connectivity index (χ3n) is 4.84. The number of anilines is 2. The Morgan fingerprint density at radius 3 is 2.19 bits per heavy atom. The molecule has 0 bridgehead atoms. The molecular weight excluding hydrogens is 475 g/mol. The second-order valence-electron chi connectivity index (χ2n) is 9.24. The number of aliphatic imine (C=N–C) groups is 1. The Morgan fingerprint density at radius 2 is 1.73 bits per heavy atom. The first-order valence-electron chi connectivity index (χ1n) is 12.0. The van der Waals surface area contributed by atoms with E-state index in [9.17, 15) is 14.0 Å². The number of hydrogen-bond acceptors (Lipinski definition) is 7. The molecule has 37 heavy (non-hydrogen) atoms. The fourth-order valence-corrected chi connectivity index (χ4v) is 2.96. The number of carbonyl (C=O) groups excluding carboxylic acids is 2. The minimum absolute atomic E-state index is 0.190. The summed E-state index contributed by atoms with van der Waals surface area (Å²) in [4.78, 5) is 25.8. The van der Waals surface area contributed by atoms with Gasteiger partial charge in [0.1, 0.15) is 24.0 Å². The van der Waals surface area contributed by atoms with Gasteiger partial charge < -0.3 is 25.4 Å². The normalized spacial score (nSPS) is 11.9. The van der Waals surface area contributed by atoms with Gasteiger partial charge in [0, 0.05) is 30.8 Å². The van der Waals surface area contributed by atoms with Crippen molar-refractivity contribution in [3.8, 4) is 5.75 Å². The summed E-state index contributed by atoms with van der Waals surface area (Å²) in [6, 6.07) is 9.42. The zero-order chi connectivity index (χ0) is 27.8. The van der Waals surface area contributed by atoms with Gasteiger partial charge in [-0.05, 0) is 67.9 Å². The summed E-state index contributed by atoms with van der Waals surface area (Å²) in [5, 5.41) is 9.19. The first kappa shape index (κ1) is 31.5. The van der Waals surface area contributed by atoms with Crippen LogP contribution < -0.4 is 31.1 Å². The molecule has 0 saturated carbocycles. The van der Waals surface area contributed by atoms with E-state index in [1.807, 2.05) is 7.05 Å². The minimum atomic E-state index is -0.745. The molecule has 9 heteroatoms. The topological polar surface area (TPSA) is 101 Å². The monoisotopic (exact) mass is 514 g/mol. The van der Waals surface area contributed by atoms with Crippen LogP contribution in [-0.2, 0) is 14.3 Å². The lowest BCUT2D eigenvalue weighted by Crippen LogP contribution is -2.31. The van der Waals surface area contributed by atoms with Crippen molar-refractivity contribution in [2.24, 2.45) is 10.4 Å². The van der Waals surface area contributed by atoms with E-state index in [0.717, 1.165) is 6.54 Å². The van der Waals surface area contributed by atoms with Crippen LogP contribution in [0.4, 0.5) is 15.8 Å². The Morgan fingerprint density at radius 1 is 1.11 bits per heavy atom. The second-order valence-corrected chi connectivity index (χ2v) is 9.24. The van der Waals surface area contributed by atoms with Crippen molar-refractivity contribution in [2.45, 2.75) is 34.1 Å². The lowest BCUT2D eigenvalue weighted by molar-refractivity contribution is -0.127. The zero-order valence-corrected chi connectivity index (χ0v) is 22.6. The molecule has 0 aromatic heterocycles. The van der Waals surface area contributed by atoms with Crippen LogP contribution in [0.25, 0.3) is 12.4 Å². The molecule has 1 amide bonds. The smallest absolute Gasteiger partial charge is 0.288 e. The predicted octanol–water partition coefficient (Wildman–Crippen LogP) is 3.31. The summed E-state index contributed by atoms with van der Waals surface area (Å²) in [6.45, 7) is 14.2. The number of ether oxygens (including phenoxy) is 2. The van der Waals surface area contributed by atoms with Crippen molar-refractivity contribution in [2.75, 3.05) is 44.5 Å². The van der Waals surface area contributed by atoms with E-state index in [2.05, 4.69) is 48.3 Å². The maximum Gasteiger partial charge on any atom is 0.288 e. The van der Waals surface area contributed by atoms with Crippen LogP contribution in [0.2, 0.25) is 0 Å². The van der Waals surface area contributed by atoms with Gasteiger partial charge >= 0.3 is 0 Å². The van der Waals surface area contributed by atoms with E-state index in [4.69, 9.17) is 9.47 Å². The van der Waals surface area contributed by atoms with Crippen LogP contribution in [0, 0.1) is 11.2 Å². The number of carbonyl (C=O) groups is 2. The standard InChI is InChI=1S/C21H22FN3O4.C7H17N/c1-4-23-21(25-16-7-5-15(6-8-16)24-19(27)13-26)20-14(2)11-17(12-18(20)22)29-10-9-28-3;1-7(2,3)5-6-8-4/h4-8,11-13,25H,2,9-10H2,1,3H3,(H,24,27);8H,5-6H2,1-4H3/b21-20-,23-4-;. The second kappa shape index (κ2) is 16.2. The Hall–Kier alpha value is -3.56. The van der Waals surface area contributed by atoms with Crippen molar-refractivity contribution in [1.29, 1.82) is 0 Å². The maximum atomic E-state index is 14.8. The summed E-state index contributed by atoms with van der Waals surface area (Å²) < 4.78 is 25.1. The van der Waals surface area contributed by atoms with Crippen molar-refractivity contribution in [3.05, 3.63) is 52.7 Å². The van der Waals surface area contributed by atoms with Crippen LogP contribution in [0.1, 0.15) is 34.1 Å². The number of amides is 1. The highest BCUT2D eigenvalue weighted by Gasteiger charge is 2.08. The molecule has 8 nitrogen and oxygen atoms in total. The molecule has 0 radical (unpaired) electrons. The highest BCUT2D eigenvalue weighted by Crippen LogP contribution is 2.17. The van der Waals surface area contributed by atoms with Gasteiger partial charge in [-0.3, -0.25) is 9.59 Å². The SMILES string of the molecule is C=c1cc(OCCOC)cc(F)/c1=C(/N=C\C)Nc1ccc(NC(=O)C=O)cc1.CNCCC(C)(C)C.